The molecule has 160 valence electrons. The van der Waals surface area contributed by atoms with Crippen molar-refractivity contribution in [2.24, 2.45) is 0 Å². The maximum Gasteiger partial charge on any atom is 0.326 e. The number of carbonyl (C=O) groups excluding carboxylic acids is 3. The second-order valence-corrected chi connectivity index (χ2v) is 8.25. The molecule has 0 saturated carbocycles. The summed E-state index contributed by atoms with van der Waals surface area (Å²) in [7, 11) is 0. The van der Waals surface area contributed by atoms with Crippen LogP contribution in [0.4, 0.5) is 10.5 Å². The normalized spacial score (nSPS) is 19.1. The Hall–Kier alpha value is -3.93. The first kappa shape index (κ1) is 20.0. The number of fused-ring (bicyclic) bond motifs is 1. The van der Waals surface area contributed by atoms with Gasteiger partial charge < -0.3 is 10.2 Å². The molecule has 2 heterocycles. The van der Waals surface area contributed by atoms with E-state index >= 15 is 0 Å². The first-order chi connectivity index (χ1) is 15.5. The third kappa shape index (κ3) is 2.99. The summed E-state index contributed by atoms with van der Waals surface area (Å²) in [6.45, 7) is 1.66. The third-order valence-electron chi connectivity index (χ3n) is 6.29. The zero-order chi connectivity index (χ0) is 22.3. The molecule has 6 heteroatoms. The summed E-state index contributed by atoms with van der Waals surface area (Å²) in [5, 5.41) is 2.89. The maximum atomic E-state index is 13.8. The number of carbonyl (C=O) groups is 3. The lowest BCUT2D eigenvalue weighted by atomic mass is 9.82. The number of benzene rings is 3. The zero-order valence-corrected chi connectivity index (χ0v) is 17.7. The van der Waals surface area contributed by atoms with Crippen molar-refractivity contribution in [3.8, 4) is 0 Å². The molecule has 1 fully saturated rings. The fraction of sp³-hybridized carbons (Fsp3) is 0.192. The molecule has 0 bridgehead atoms. The van der Waals surface area contributed by atoms with E-state index < -0.39 is 17.5 Å². The first-order valence-electron chi connectivity index (χ1n) is 10.7. The van der Waals surface area contributed by atoms with Crippen LogP contribution in [0.15, 0.2) is 84.9 Å². The Morgan fingerprint density at radius 3 is 2.09 bits per heavy atom. The molecule has 0 unspecified atom stereocenters. The van der Waals surface area contributed by atoms with Crippen LogP contribution in [0.1, 0.15) is 23.6 Å². The molecule has 0 aliphatic carbocycles. The third-order valence-corrected chi connectivity index (χ3v) is 6.29. The molecule has 4 amide bonds. The van der Waals surface area contributed by atoms with Gasteiger partial charge in [-0.2, -0.15) is 0 Å². The molecule has 0 aromatic heterocycles. The van der Waals surface area contributed by atoms with E-state index in [0.29, 0.717) is 11.1 Å². The lowest BCUT2D eigenvalue weighted by molar-refractivity contribution is -0.133. The Kier molecular flexibility index (Phi) is 4.78. The highest BCUT2D eigenvalue weighted by atomic mass is 16.2. The Morgan fingerprint density at radius 1 is 0.906 bits per heavy atom. The largest absolute Gasteiger partial charge is 0.326 e. The minimum atomic E-state index is -1.37. The molecular weight excluding hydrogens is 402 g/mol. The van der Waals surface area contributed by atoms with E-state index in [4.69, 9.17) is 0 Å². The predicted molar refractivity (Wildman–Crippen MR) is 121 cm³/mol. The Labute approximate surface area is 186 Å². The number of urea groups is 1. The van der Waals surface area contributed by atoms with E-state index in [2.05, 4.69) is 5.32 Å². The van der Waals surface area contributed by atoms with Crippen LogP contribution in [0.25, 0.3) is 0 Å². The number of nitrogens with zero attached hydrogens (tertiary/aromatic N) is 2. The summed E-state index contributed by atoms with van der Waals surface area (Å²) in [5.74, 6) is -0.726. The van der Waals surface area contributed by atoms with Crippen LogP contribution in [-0.2, 0) is 21.5 Å². The smallest absolute Gasteiger partial charge is 0.315 e. The summed E-state index contributed by atoms with van der Waals surface area (Å²) < 4.78 is 0. The van der Waals surface area contributed by atoms with Gasteiger partial charge in [0.05, 0.1) is 0 Å². The fourth-order valence-corrected chi connectivity index (χ4v) is 4.81. The first-order valence-corrected chi connectivity index (χ1v) is 10.7. The molecule has 1 N–H and O–H groups in total. The molecule has 2 aliphatic rings. The second-order valence-electron chi connectivity index (χ2n) is 8.25. The van der Waals surface area contributed by atoms with Crippen LogP contribution in [0.3, 0.4) is 0 Å². The standard InChI is InChI=1S/C26H23N3O3/c1-18-16-19-10-8-9-15-22(19)29(18)23(30)17-28-24(31)26(27-25(28)32,20-11-4-2-5-12-20)21-13-6-3-7-14-21/h2-15,18H,16-17H2,1H3,(H,27,32)/t18-/m1/s1. The summed E-state index contributed by atoms with van der Waals surface area (Å²) in [6.07, 6.45) is 0.750. The van der Waals surface area contributed by atoms with E-state index in [9.17, 15) is 14.4 Å². The zero-order valence-electron chi connectivity index (χ0n) is 17.7. The van der Waals surface area contributed by atoms with Crippen molar-refractivity contribution in [1.82, 2.24) is 10.2 Å². The molecule has 6 nitrogen and oxygen atoms in total. The number of hydrogen-bond acceptors (Lipinski definition) is 3. The molecule has 0 spiro atoms. The summed E-state index contributed by atoms with van der Waals surface area (Å²) in [6, 6.07) is 25.4. The van der Waals surface area contributed by atoms with Crippen LogP contribution >= 0.6 is 0 Å². The summed E-state index contributed by atoms with van der Waals surface area (Å²) in [5.41, 5.74) is 1.87. The maximum absolute atomic E-state index is 13.8. The number of rotatable bonds is 4. The van der Waals surface area contributed by atoms with Gasteiger partial charge in [-0.3, -0.25) is 14.5 Å². The van der Waals surface area contributed by atoms with Crippen LogP contribution in [-0.4, -0.2) is 35.3 Å². The van der Waals surface area contributed by atoms with Gasteiger partial charge in [-0.05, 0) is 36.1 Å². The topological polar surface area (TPSA) is 69.7 Å². The Balaban J connectivity index is 1.50. The van der Waals surface area contributed by atoms with E-state index in [-0.39, 0.29) is 18.5 Å². The van der Waals surface area contributed by atoms with Crippen molar-refractivity contribution >= 4 is 23.5 Å². The van der Waals surface area contributed by atoms with Crippen molar-refractivity contribution in [3.63, 3.8) is 0 Å². The van der Waals surface area contributed by atoms with Crippen molar-refractivity contribution in [2.45, 2.75) is 24.9 Å². The minimum Gasteiger partial charge on any atom is -0.315 e. The lowest BCUT2D eigenvalue weighted by Crippen LogP contribution is -2.47. The molecule has 0 radical (unpaired) electrons. The Morgan fingerprint density at radius 2 is 1.47 bits per heavy atom. The molecular formula is C26H23N3O3. The highest BCUT2D eigenvalue weighted by Gasteiger charge is 2.54. The van der Waals surface area contributed by atoms with Gasteiger partial charge >= 0.3 is 6.03 Å². The summed E-state index contributed by atoms with van der Waals surface area (Å²) >= 11 is 0. The number of hydrogen-bond donors (Lipinski definition) is 1. The number of amides is 4. The van der Waals surface area contributed by atoms with Crippen LogP contribution in [0.5, 0.6) is 0 Å². The van der Waals surface area contributed by atoms with Crippen molar-refractivity contribution in [2.75, 3.05) is 11.4 Å². The molecule has 5 rings (SSSR count). The number of anilines is 1. The minimum absolute atomic E-state index is 0.0336. The van der Waals surface area contributed by atoms with E-state index in [0.717, 1.165) is 22.6 Å². The van der Waals surface area contributed by atoms with Crippen LogP contribution in [0, 0.1) is 0 Å². The highest BCUT2D eigenvalue weighted by molar-refractivity contribution is 6.12. The molecule has 1 atom stereocenters. The number of imide groups is 1. The molecule has 3 aromatic carbocycles. The van der Waals surface area contributed by atoms with Gasteiger partial charge in [-0.1, -0.05) is 78.9 Å². The molecule has 1 saturated heterocycles. The molecule has 32 heavy (non-hydrogen) atoms. The predicted octanol–water partition coefficient (Wildman–Crippen LogP) is 3.46. The van der Waals surface area contributed by atoms with Crippen LogP contribution < -0.4 is 10.2 Å². The van der Waals surface area contributed by atoms with Crippen LogP contribution in [0.2, 0.25) is 0 Å². The summed E-state index contributed by atoms with van der Waals surface area (Å²) in [4.78, 5) is 42.9. The lowest BCUT2D eigenvalue weighted by Gasteiger charge is -2.28. The quantitative estimate of drug-likeness (QED) is 0.651. The van der Waals surface area contributed by atoms with Gasteiger partial charge in [0, 0.05) is 11.7 Å². The average Bonchev–Trinajstić information content (AvgIpc) is 3.29. The Bertz CT molecular complexity index is 1150. The van der Waals surface area contributed by atoms with Gasteiger partial charge in [0.1, 0.15) is 6.54 Å². The van der Waals surface area contributed by atoms with Gasteiger partial charge in [0.15, 0.2) is 5.54 Å². The van der Waals surface area contributed by atoms with E-state index in [1.54, 1.807) is 4.90 Å². The van der Waals surface area contributed by atoms with Gasteiger partial charge in [-0.15, -0.1) is 0 Å². The fourth-order valence-electron chi connectivity index (χ4n) is 4.81. The van der Waals surface area contributed by atoms with Gasteiger partial charge in [0.25, 0.3) is 5.91 Å². The molecule has 2 aliphatic heterocycles. The van der Waals surface area contributed by atoms with Gasteiger partial charge in [-0.25, -0.2) is 4.79 Å². The number of nitrogens with one attached hydrogen (secondary N) is 1. The van der Waals surface area contributed by atoms with Gasteiger partial charge in [0.2, 0.25) is 5.91 Å². The molecule has 3 aromatic rings. The van der Waals surface area contributed by atoms with E-state index in [1.165, 1.54) is 0 Å². The van der Waals surface area contributed by atoms with Crippen molar-refractivity contribution in [1.29, 1.82) is 0 Å². The number of para-hydroxylation sites is 1. The monoisotopic (exact) mass is 425 g/mol. The van der Waals surface area contributed by atoms with E-state index in [1.807, 2.05) is 91.9 Å². The second kappa shape index (κ2) is 7.64. The highest BCUT2D eigenvalue weighted by Crippen LogP contribution is 2.37. The van der Waals surface area contributed by atoms with Crippen molar-refractivity contribution in [3.05, 3.63) is 102 Å². The average molecular weight is 425 g/mol. The SMILES string of the molecule is C[C@@H]1Cc2ccccc2N1C(=O)CN1C(=O)NC(c2ccccc2)(c2ccccc2)C1=O. The van der Waals surface area contributed by atoms with Crippen molar-refractivity contribution < 1.29 is 14.4 Å².